The maximum Gasteiger partial charge on any atom is 0.269 e. The van der Waals surface area contributed by atoms with Gasteiger partial charge in [0.1, 0.15) is 0 Å². The van der Waals surface area contributed by atoms with Crippen LogP contribution in [0.1, 0.15) is 17.3 Å². The van der Waals surface area contributed by atoms with Gasteiger partial charge in [0.25, 0.3) is 5.91 Å². The predicted octanol–water partition coefficient (Wildman–Crippen LogP) is 3.92. The van der Waals surface area contributed by atoms with Gasteiger partial charge in [0.05, 0.1) is 24.4 Å². The molecular formula is C16H14ClF3N2O3. The number of amides is 1. The summed E-state index contributed by atoms with van der Waals surface area (Å²) in [7, 11) is 1.38. The molecule has 0 aliphatic heterocycles. The van der Waals surface area contributed by atoms with Crippen molar-refractivity contribution < 1.29 is 27.4 Å². The zero-order chi connectivity index (χ0) is 18.6. The lowest BCUT2D eigenvalue weighted by molar-refractivity contribution is 0.0962. The number of benzene rings is 2. The molecule has 2 N–H and O–H groups in total. The van der Waals surface area contributed by atoms with Gasteiger partial charge in [0.15, 0.2) is 29.0 Å². The summed E-state index contributed by atoms with van der Waals surface area (Å²) in [6.45, 7) is 2.11. The van der Waals surface area contributed by atoms with Crippen LogP contribution in [0.5, 0.6) is 11.5 Å². The van der Waals surface area contributed by atoms with Gasteiger partial charge in [0.2, 0.25) is 0 Å². The van der Waals surface area contributed by atoms with Gasteiger partial charge in [-0.2, -0.15) is 0 Å². The van der Waals surface area contributed by atoms with Crippen molar-refractivity contribution in [3.63, 3.8) is 0 Å². The third-order valence-corrected chi connectivity index (χ3v) is 3.41. The predicted molar refractivity (Wildman–Crippen MR) is 86.6 cm³/mol. The van der Waals surface area contributed by atoms with Crippen LogP contribution in [0.15, 0.2) is 24.3 Å². The largest absolute Gasteiger partial charge is 0.493 e. The van der Waals surface area contributed by atoms with Gasteiger partial charge >= 0.3 is 0 Å². The van der Waals surface area contributed by atoms with Gasteiger partial charge in [-0.3, -0.25) is 15.6 Å². The number of carbonyl (C=O) groups is 1. The summed E-state index contributed by atoms with van der Waals surface area (Å²) in [4.78, 5) is 12.2. The number of halogens is 4. The second-order valence-electron chi connectivity index (χ2n) is 4.72. The van der Waals surface area contributed by atoms with Gasteiger partial charge in [-0.25, -0.2) is 13.2 Å². The van der Waals surface area contributed by atoms with Crippen molar-refractivity contribution in [2.24, 2.45) is 0 Å². The Kier molecular flexibility index (Phi) is 5.97. The lowest BCUT2D eigenvalue weighted by atomic mass is 10.2. The van der Waals surface area contributed by atoms with E-state index in [1.165, 1.54) is 19.2 Å². The minimum absolute atomic E-state index is 0.0841. The van der Waals surface area contributed by atoms with E-state index in [0.29, 0.717) is 6.61 Å². The number of hydrazine groups is 1. The van der Waals surface area contributed by atoms with E-state index in [1.807, 2.05) is 0 Å². The van der Waals surface area contributed by atoms with Crippen molar-refractivity contribution >= 4 is 23.2 Å². The smallest absolute Gasteiger partial charge is 0.269 e. The van der Waals surface area contributed by atoms with Crippen LogP contribution in [-0.2, 0) is 0 Å². The zero-order valence-electron chi connectivity index (χ0n) is 13.3. The number of hydrogen-bond acceptors (Lipinski definition) is 4. The summed E-state index contributed by atoms with van der Waals surface area (Å²) >= 11 is 6.06. The van der Waals surface area contributed by atoms with Crippen molar-refractivity contribution in [2.75, 3.05) is 19.1 Å². The molecule has 0 saturated heterocycles. The molecule has 0 aliphatic rings. The fourth-order valence-electron chi connectivity index (χ4n) is 1.95. The van der Waals surface area contributed by atoms with Gasteiger partial charge in [0, 0.05) is 5.56 Å². The fourth-order valence-corrected chi connectivity index (χ4v) is 2.22. The summed E-state index contributed by atoms with van der Waals surface area (Å²) in [6, 6.07) is 4.37. The van der Waals surface area contributed by atoms with E-state index in [-0.39, 0.29) is 22.1 Å². The molecular weight excluding hydrogens is 361 g/mol. The highest BCUT2D eigenvalue weighted by molar-refractivity contribution is 6.32. The van der Waals surface area contributed by atoms with E-state index < -0.39 is 29.0 Å². The molecule has 2 aromatic carbocycles. The number of anilines is 1. The average Bonchev–Trinajstić information content (AvgIpc) is 2.60. The number of ether oxygens (including phenoxy) is 2. The molecule has 0 atom stereocenters. The van der Waals surface area contributed by atoms with Crippen LogP contribution >= 0.6 is 11.6 Å². The van der Waals surface area contributed by atoms with E-state index in [1.54, 1.807) is 6.92 Å². The van der Waals surface area contributed by atoms with Gasteiger partial charge in [-0.1, -0.05) is 11.6 Å². The molecule has 0 fully saturated rings. The van der Waals surface area contributed by atoms with Crippen LogP contribution in [0.25, 0.3) is 0 Å². The Morgan fingerprint density at radius 1 is 1.20 bits per heavy atom. The third kappa shape index (κ3) is 4.08. The molecule has 9 heteroatoms. The fraction of sp³-hybridized carbons (Fsp3) is 0.188. The molecule has 0 saturated carbocycles. The van der Waals surface area contributed by atoms with Gasteiger partial charge in [-0.15, -0.1) is 0 Å². The standard InChI is InChI=1S/C16H14ClF3N2O3/c1-3-25-15-9(17)6-8(7-12(15)24-2)16(23)22-21-11-5-4-10(18)13(19)14(11)20/h4-7,21H,3H2,1-2H3,(H,22,23). The highest BCUT2D eigenvalue weighted by Gasteiger charge is 2.17. The number of carbonyl (C=O) groups excluding carboxylic acids is 1. The molecule has 25 heavy (non-hydrogen) atoms. The van der Waals surface area contributed by atoms with Gasteiger partial charge in [-0.05, 0) is 31.2 Å². The molecule has 2 rings (SSSR count). The Morgan fingerprint density at radius 2 is 1.92 bits per heavy atom. The van der Waals surface area contributed by atoms with E-state index in [9.17, 15) is 18.0 Å². The molecule has 1 amide bonds. The lowest BCUT2D eigenvalue weighted by Crippen LogP contribution is -2.30. The molecule has 2 aromatic rings. The van der Waals surface area contributed by atoms with Crippen molar-refractivity contribution in [3.05, 3.63) is 52.3 Å². The molecule has 0 aliphatic carbocycles. The first-order valence-electron chi connectivity index (χ1n) is 7.09. The maximum atomic E-state index is 13.5. The Balaban J connectivity index is 2.19. The van der Waals surface area contributed by atoms with E-state index in [2.05, 4.69) is 10.9 Å². The van der Waals surface area contributed by atoms with Crippen LogP contribution < -0.4 is 20.3 Å². The van der Waals surface area contributed by atoms with Crippen molar-refractivity contribution in [3.8, 4) is 11.5 Å². The van der Waals surface area contributed by atoms with Crippen LogP contribution in [0.2, 0.25) is 5.02 Å². The van der Waals surface area contributed by atoms with Crippen molar-refractivity contribution in [1.29, 1.82) is 0 Å². The molecule has 0 heterocycles. The van der Waals surface area contributed by atoms with E-state index >= 15 is 0 Å². The first-order valence-corrected chi connectivity index (χ1v) is 7.47. The second-order valence-corrected chi connectivity index (χ2v) is 5.13. The minimum Gasteiger partial charge on any atom is -0.493 e. The summed E-state index contributed by atoms with van der Waals surface area (Å²) in [5.41, 5.74) is 3.99. The third-order valence-electron chi connectivity index (χ3n) is 3.13. The Bertz CT molecular complexity index is 803. The Labute approximate surface area is 146 Å². The summed E-state index contributed by atoms with van der Waals surface area (Å²) in [5.74, 6) is -4.63. The van der Waals surface area contributed by atoms with Crippen LogP contribution in [0.3, 0.4) is 0 Å². The first-order chi connectivity index (χ1) is 11.9. The second kappa shape index (κ2) is 7.98. The normalized spacial score (nSPS) is 10.3. The van der Waals surface area contributed by atoms with Crippen molar-refractivity contribution in [2.45, 2.75) is 6.92 Å². The van der Waals surface area contributed by atoms with Crippen LogP contribution in [0, 0.1) is 17.5 Å². The zero-order valence-corrected chi connectivity index (χ0v) is 14.0. The number of hydrogen-bond donors (Lipinski definition) is 2. The summed E-state index contributed by atoms with van der Waals surface area (Å²) in [6.07, 6.45) is 0. The molecule has 0 unspecified atom stereocenters. The molecule has 0 radical (unpaired) electrons. The molecule has 0 bridgehead atoms. The maximum absolute atomic E-state index is 13.5. The van der Waals surface area contributed by atoms with Crippen LogP contribution in [-0.4, -0.2) is 19.6 Å². The number of rotatable bonds is 6. The molecule has 5 nitrogen and oxygen atoms in total. The Morgan fingerprint density at radius 3 is 2.56 bits per heavy atom. The van der Waals surface area contributed by atoms with Gasteiger partial charge < -0.3 is 9.47 Å². The quantitative estimate of drug-likeness (QED) is 0.594. The van der Waals surface area contributed by atoms with E-state index in [0.717, 1.165) is 12.1 Å². The number of methoxy groups -OCH3 is 1. The van der Waals surface area contributed by atoms with E-state index in [4.69, 9.17) is 21.1 Å². The molecule has 0 spiro atoms. The van der Waals surface area contributed by atoms with Crippen molar-refractivity contribution in [1.82, 2.24) is 5.43 Å². The Hall–Kier alpha value is -2.61. The summed E-state index contributed by atoms with van der Waals surface area (Å²) in [5, 5.41) is 0.144. The minimum atomic E-state index is -1.65. The molecule has 0 aromatic heterocycles. The number of nitrogens with one attached hydrogen (secondary N) is 2. The highest BCUT2D eigenvalue weighted by atomic mass is 35.5. The first kappa shape index (κ1) is 18.7. The summed E-state index contributed by atoms with van der Waals surface area (Å²) < 4.78 is 50.0. The average molecular weight is 375 g/mol. The highest BCUT2D eigenvalue weighted by Crippen LogP contribution is 2.36. The molecule has 134 valence electrons. The SMILES string of the molecule is CCOc1c(Cl)cc(C(=O)NNc2ccc(F)c(F)c2F)cc1OC. The monoisotopic (exact) mass is 374 g/mol. The topological polar surface area (TPSA) is 59.6 Å². The van der Waals surface area contributed by atoms with Crippen LogP contribution in [0.4, 0.5) is 18.9 Å². The lowest BCUT2D eigenvalue weighted by Gasteiger charge is -2.14.